The molecule has 1 aliphatic heterocycles. The molecule has 1 heterocycles. The summed E-state index contributed by atoms with van der Waals surface area (Å²) in [5.41, 5.74) is 1.35. The third-order valence-corrected chi connectivity index (χ3v) is 3.83. The Morgan fingerprint density at radius 1 is 1.17 bits per heavy atom. The van der Waals surface area contributed by atoms with E-state index < -0.39 is 17.9 Å². The van der Waals surface area contributed by atoms with Gasteiger partial charge in [0.15, 0.2) is 0 Å². The van der Waals surface area contributed by atoms with E-state index >= 15 is 0 Å². The zero-order valence-corrected chi connectivity index (χ0v) is 13.2. The monoisotopic (exact) mass is 347 g/mol. The molecule has 0 saturated heterocycles. The highest BCUT2D eigenvalue weighted by atomic mass is 35.5. The second kappa shape index (κ2) is 6.40. The number of halogens is 2. The van der Waals surface area contributed by atoms with Crippen LogP contribution in [0.15, 0.2) is 47.5 Å². The van der Waals surface area contributed by atoms with Crippen LogP contribution < -0.4 is 10.6 Å². The Morgan fingerprint density at radius 2 is 1.96 bits per heavy atom. The smallest absolute Gasteiger partial charge is 0.253 e. The second-order valence-corrected chi connectivity index (χ2v) is 5.70. The van der Waals surface area contributed by atoms with Crippen LogP contribution in [0.4, 0.5) is 11.4 Å². The van der Waals surface area contributed by atoms with E-state index in [-0.39, 0.29) is 0 Å². The maximum absolute atomic E-state index is 12.3. The molecule has 0 radical (unpaired) electrons. The average molecular weight is 348 g/mol. The fourth-order valence-corrected chi connectivity index (χ4v) is 2.51. The third kappa shape index (κ3) is 3.36. The van der Waals surface area contributed by atoms with Crippen LogP contribution in [0.5, 0.6) is 0 Å². The van der Waals surface area contributed by atoms with Crippen LogP contribution in [0, 0.1) is 0 Å². The molecule has 0 spiro atoms. The Hall–Kier alpha value is -2.37. The van der Waals surface area contributed by atoms with Gasteiger partial charge in [0.25, 0.3) is 11.8 Å². The van der Waals surface area contributed by atoms with Gasteiger partial charge in [0, 0.05) is 11.2 Å². The lowest BCUT2D eigenvalue weighted by Crippen LogP contribution is -2.44. The Kier molecular flexibility index (Phi) is 4.32. The van der Waals surface area contributed by atoms with Gasteiger partial charge in [0.1, 0.15) is 6.04 Å². The third-order valence-electron chi connectivity index (χ3n) is 3.27. The van der Waals surface area contributed by atoms with Crippen LogP contribution in [0.2, 0.25) is 10.0 Å². The van der Waals surface area contributed by atoms with E-state index in [9.17, 15) is 9.59 Å². The molecule has 7 heteroatoms. The van der Waals surface area contributed by atoms with Crippen LogP contribution in [0.25, 0.3) is 0 Å². The number of rotatable bonds is 2. The van der Waals surface area contributed by atoms with Crippen molar-refractivity contribution >= 4 is 52.6 Å². The minimum Gasteiger partial charge on any atom is -0.336 e. The topological polar surface area (TPSA) is 70.6 Å². The predicted molar refractivity (Wildman–Crippen MR) is 90.9 cm³/mol. The molecule has 0 bridgehead atoms. The number of nitrogens with zero attached hydrogens (tertiary/aromatic N) is 1. The first kappa shape index (κ1) is 15.5. The second-order valence-electron chi connectivity index (χ2n) is 4.86. The molecule has 23 heavy (non-hydrogen) atoms. The summed E-state index contributed by atoms with van der Waals surface area (Å²) < 4.78 is 0. The molecule has 5 nitrogen and oxygen atoms in total. The van der Waals surface area contributed by atoms with Crippen LogP contribution in [-0.4, -0.2) is 24.1 Å². The Morgan fingerprint density at radius 3 is 2.74 bits per heavy atom. The van der Waals surface area contributed by atoms with Crippen molar-refractivity contribution in [3.8, 4) is 0 Å². The molecule has 0 aliphatic carbocycles. The maximum Gasteiger partial charge on any atom is 0.253 e. The number of carbonyl (C=O) groups excluding carboxylic acids is 2. The molecular weight excluding hydrogens is 337 g/mol. The van der Waals surface area contributed by atoms with Gasteiger partial charge < -0.3 is 10.6 Å². The molecule has 2 amide bonds. The van der Waals surface area contributed by atoms with E-state index in [2.05, 4.69) is 15.6 Å². The summed E-state index contributed by atoms with van der Waals surface area (Å²) in [6.45, 7) is 0. The number of aliphatic imine (C=N–C) groups is 1. The zero-order valence-electron chi connectivity index (χ0n) is 11.7. The molecule has 1 aliphatic rings. The summed E-state index contributed by atoms with van der Waals surface area (Å²) in [5.74, 6) is -0.860. The van der Waals surface area contributed by atoms with Gasteiger partial charge in [-0.3, -0.25) is 14.6 Å². The molecule has 0 fully saturated rings. The molecule has 0 saturated carbocycles. The largest absolute Gasteiger partial charge is 0.336 e. The SMILES string of the molecule is O=C(N[C@H]1C=Nc2ccc(Cl)cc2NC1=O)c1ccccc1Cl. The van der Waals surface area contributed by atoms with E-state index in [1.807, 2.05) is 0 Å². The lowest BCUT2D eigenvalue weighted by atomic mass is 10.2. The van der Waals surface area contributed by atoms with Crippen LogP contribution in [0.1, 0.15) is 10.4 Å². The molecule has 0 unspecified atom stereocenters. The first-order chi connectivity index (χ1) is 11.0. The molecule has 1 atom stereocenters. The summed E-state index contributed by atoms with van der Waals surface area (Å²) in [7, 11) is 0. The normalized spacial score (nSPS) is 16.3. The van der Waals surface area contributed by atoms with Crippen molar-refractivity contribution < 1.29 is 9.59 Å². The quantitative estimate of drug-likeness (QED) is 0.873. The van der Waals surface area contributed by atoms with Gasteiger partial charge in [0.2, 0.25) is 0 Å². The van der Waals surface area contributed by atoms with Crippen molar-refractivity contribution in [3.05, 3.63) is 58.1 Å². The van der Waals surface area contributed by atoms with Crippen molar-refractivity contribution in [2.24, 2.45) is 4.99 Å². The summed E-state index contributed by atoms with van der Waals surface area (Å²) in [5, 5.41) is 6.08. The van der Waals surface area contributed by atoms with Crippen molar-refractivity contribution in [1.82, 2.24) is 5.32 Å². The maximum atomic E-state index is 12.3. The predicted octanol–water partition coefficient (Wildman–Crippen LogP) is 3.45. The van der Waals surface area contributed by atoms with Gasteiger partial charge >= 0.3 is 0 Å². The number of nitrogens with one attached hydrogen (secondary N) is 2. The van der Waals surface area contributed by atoms with Crippen molar-refractivity contribution in [2.45, 2.75) is 6.04 Å². The van der Waals surface area contributed by atoms with Crippen molar-refractivity contribution in [1.29, 1.82) is 0 Å². The van der Waals surface area contributed by atoms with Crippen LogP contribution >= 0.6 is 23.2 Å². The average Bonchev–Trinajstić information content (AvgIpc) is 2.66. The van der Waals surface area contributed by atoms with Crippen molar-refractivity contribution in [2.75, 3.05) is 5.32 Å². The van der Waals surface area contributed by atoms with Crippen LogP contribution in [-0.2, 0) is 4.79 Å². The minimum absolute atomic E-state index is 0.292. The summed E-state index contributed by atoms with van der Waals surface area (Å²) >= 11 is 11.9. The standard InChI is InChI=1S/C16H11Cl2N3O2/c17-9-5-6-12-13(7-9)20-16(23)14(8-19-12)21-15(22)10-3-1-2-4-11(10)18/h1-8,14H,(H,20,23)(H,21,22)/t14-/m0/s1. The number of fused-ring (bicyclic) bond motifs is 1. The van der Waals surface area contributed by atoms with Gasteiger partial charge in [-0.05, 0) is 30.3 Å². The fourth-order valence-electron chi connectivity index (χ4n) is 2.12. The van der Waals surface area contributed by atoms with Gasteiger partial charge in [0.05, 0.1) is 22.0 Å². The number of hydrogen-bond donors (Lipinski definition) is 2. The van der Waals surface area contributed by atoms with E-state index in [0.29, 0.717) is 27.0 Å². The molecule has 0 aromatic heterocycles. The van der Waals surface area contributed by atoms with Crippen molar-refractivity contribution in [3.63, 3.8) is 0 Å². The highest BCUT2D eigenvalue weighted by Gasteiger charge is 2.23. The molecule has 3 rings (SSSR count). The molecule has 2 aromatic carbocycles. The Balaban J connectivity index is 1.81. The van der Waals surface area contributed by atoms with Crippen LogP contribution in [0.3, 0.4) is 0 Å². The highest BCUT2D eigenvalue weighted by Crippen LogP contribution is 2.29. The zero-order chi connectivity index (χ0) is 16.4. The number of amides is 2. The Labute approximate surface area is 142 Å². The van der Waals surface area contributed by atoms with E-state index in [0.717, 1.165) is 0 Å². The van der Waals surface area contributed by atoms with Gasteiger partial charge in [-0.1, -0.05) is 35.3 Å². The Bertz CT molecular complexity index is 821. The summed E-state index contributed by atoms with van der Waals surface area (Å²) in [4.78, 5) is 28.7. The molecule has 2 N–H and O–H groups in total. The summed E-state index contributed by atoms with van der Waals surface area (Å²) in [6, 6.07) is 10.7. The van der Waals surface area contributed by atoms with E-state index in [4.69, 9.17) is 23.2 Å². The molecular formula is C16H11Cl2N3O2. The first-order valence-corrected chi connectivity index (χ1v) is 7.50. The number of hydrogen-bond acceptors (Lipinski definition) is 3. The number of anilines is 1. The minimum atomic E-state index is -0.912. The fraction of sp³-hybridized carbons (Fsp3) is 0.0625. The number of benzene rings is 2. The lowest BCUT2D eigenvalue weighted by molar-refractivity contribution is -0.116. The highest BCUT2D eigenvalue weighted by molar-refractivity contribution is 6.34. The van der Waals surface area contributed by atoms with E-state index in [1.165, 1.54) is 6.21 Å². The number of carbonyl (C=O) groups is 2. The first-order valence-electron chi connectivity index (χ1n) is 6.74. The molecule has 116 valence electrons. The summed E-state index contributed by atoms with van der Waals surface area (Å²) in [6.07, 6.45) is 1.38. The van der Waals surface area contributed by atoms with E-state index in [1.54, 1.807) is 42.5 Å². The lowest BCUT2D eigenvalue weighted by Gasteiger charge is -2.13. The van der Waals surface area contributed by atoms with Gasteiger partial charge in [-0.15, -0.1) is 0 Å². The molecule has 2 aromatic rings. The van der Waals surface area contributed by atoms with Gasteiger partial charge in [-0.25, -0.2) is 0 Å². The van der Waals surface area contributed by atoms with Gasteiger partial charge in [-0.2, -0.15) is 0 Å².